The summed E-state index contributed by atoms with van der Waals surface area (Å²) < 4.78 is 0. The smallest absolute Gasteiger partial charge is 0.236 e. The Labute approximate surface area is 120 Å². The van der Waals surface area contributed by atoms with E-state index < -0.39 is 0 Å². The molecular weight excluding hydrogens is 256 g/mol. The van der Waals surface area contributed by atoms with Gasteiger partial charge in [0, 0.05) is 24.8 Å². The molecule has 0 unspecified atom stereocenters. The average Bonchev–Trinajstić information content (AvgIpc) is 2.38. The topological polar surface area (TPSA) is 87.4 Å². The Morgan fingerprint density at radius 1 is 1.35 bits per heavy atom. The fourth-order valence-corrected chi connectivity index (χ4v) is 1.98. The van der Waals surface area contributed by atoms with Crippen molar-refractivity contribution in [2.24, 2.45) is 5.84 Å². The fraction of sp³-hybridized carbons (Fsp3) is 0.615. The molecule has 1 aromatic rings. The van der Waals surface area contributed by atoms with Crippen molar-refractivity contribution in [2.75, 3.05) is 32.1 Å². The molecule has 0 saturated heterocycles. The summed E-state index contributed by atoms with van der Waals surface area (Å²) in [5, 5.41) is 0. The number of likely N-dealkylation sites (N-methyl/N-ethyl adjacent to an activating group) is 2. The standard InChI is InChI=1S/C13H24N6O/c1-5-19(6-2)13(20)9-18(4)8-12-15-10(3)7-11(16-12)17-14/h7H,5-6,8-9,14H2,1-4H3,(H,15,16,17). The molecule has 0 atom stereocenters. The predicted molar refractivity (Wildman–Crippen MR) is 78.8 cm³/mol. The van der Waals surface area contributed by atoms with Crippen LogP contribution in [0.2, 0.25) is 0 Å². The van der Waals surface area contributed by atoms with Gasteiger partial charge in [-0.25, -0.2) is 15.8 Å². The summed E-state index contributed by atoms with van der Waals surface area (Å²) in [7, 11) is 1.88. The van der Waals surface area contributed by atoms with Crippen molar-refractivity contribution < 1.29 is 4.79 Å². The van der Waals surface area contributed by atoms with Crippen LogP contribution in [0.4, 0.5) is 5.82 Å². The van der Waals surface area contributed by atoms with Gasteiger partial charge in [0.25, 0.3) is 0 Å². The van der Waals surface area contributed by atoms with E-state index in [2.05, 4.69) is 15.4 Å². The van der Waals surface area contributed by atoms with Crippen LogP contribution in [0.3, 0.4) is 0 Å². The summed E-state index contributed by atoms with van der Waals surface area (Å²) >= 11 is 0. The van der Waals surface area contributed by atoms with Gasteiger partial charge in [0.2, 0.25) is 5.91 Å². The van der Waals surface area contributed by atoms with Gasteiger partial charge in [-0.2, -0.15) is 0 Å². The molecule has 7 nitrogen and oxygen atoms in total. The maximum absolute atomic E-state index is 12.0. The third-order valence-electron chi connectivity index (χ3n) is 2.98. The molecule has 112 valence electrons. The van der Waals surface area contributed by atoms with E-state index in [-0.39, 0.29) is 5.91 Å². The third-order valence-corrected chi connectivity index (χ3v) is 2.98. The van der Waals surface area contributed by atoms with Crippen molar-refractivity contribution in [1.29, 1.82) is 0 Å². The lowest BCUT2D eigenvalue weighted by atomic mass is 10.3. The van der Waals surface area contributed by atoms with E-state index in [1.54, 1.807) is 11.0 Å². The van der Waals surface area contributed by atoms with E-state index in [0.29, 0.717) is 24.7 Å². The van der Waals surface area contributed by atoms with Gasteiger partial charge in [-0.3, -0.25) is 9.69 Å². The normalized spacial score (nSPS) is 10.7. The quantitative estimate of drug-likeness (QED) is 0.554. The van der Waals surface area contributed by atoms with Gasteiger partial charge in [-0.05, 0) is 27.8 Å². The number of aromatic nitrogens is 2. The molecule has 7 heteroatoms. The number of aryl methyl sites for hydroxylation is 1. The fourth-order valence-electron chi connectivity index (χ4n) is 1.98. The lowest BCUT2D eigenvalue weighted by Crippen LogP contribution is -2.38. The molecule has 20 heavy (non-hydrogen) atoms. The lowest BCUT2D eigenvalue weighted by molar-refractivity contribution is -0.131. The second kappa shape index (κ2) is 7.76. The third kappa shape index (κ3) is 4.75. The van der Waals surface area contributed by atoms with Crippen LogP contribution in [0.15, 0.2) is 6.07 Å². The molecule has 0 spiro atoms. The number of nitrogens with zero attached hydrogens (tertiary/aromatic N) is 4. The maximum atomic E-state index is 12.0. The van der Waals surface area contributed by atoms with Crippen LogP contribution in [0.25, 0.3) is 0 Å². The molecule has 0 aliphatic rings. The first-order chi connectivity index (χ1) is 9.49. The first kappa shape index (κ1) is 16.3. The number of nitrogen functional groups attached to an aromatic ring is 1. The van der Waals surface area contributed by atoms with Gasteiger partial charge in [0.1, 0.15) is 11.6 Å². The number of carbonyl (C=O) groups excluding carboxylic acids is 1. The number of amides is 1. The Morgan fingerprint density at radius 2 is 2.00 bits per heavy atom. The first-order valence-corrected chi connectivity index (χ1v) is 6.77. The van der Waals surface area contributed by atoms with Crippen LogP contribution in [0.1, 0.15) is 25.4 Å². The molecule has 1 heterocycles. The van der Waals surface area contributed by atoms with E-state index in [9.17, 15) is 4.79 Å². The molecule has 1 rings (SSSR count). The Morgan fingerprint density at radius 3 is 2.55 bits per heavy atom. The molecular formula is C13H24N6O. The molecule has 0 saturated carbocycles. The van der Waals surface area contributed by atoms with Crippen LogP contribution in [-0.4, -0.2) is 52.4 Å². The van der Waals surface area contributed by atoms with E-state index in [1.807, 2.05) is 32.7 Å². The van der Waals surface area contributed by atoms with Crippen LogP contribution in [0, 0.1) is 6.92 Å². The minimum Gasteiger partial charge on any atom is -0.342 e. The van der Waals surface area contributed by atoms with Crippen LogP contribution >= 0.6 is 0 Å². The van der Waals surface area contributed by atoms with E-state index in [0.717, 1.165) is 18.8 Å². The zero-order chi connectivity index (χ0) is 15.1. The Kier molecular flexibility index (Phi) is 6.33. The van der Waals surface area contributed by atoms with Crippen molar-refractivity contribution in [1.82, 2.24) is 19.8 Å². The summed E-state index contributed by atoms with van der Waals surface area (Å²) in [5.74, 6) is 6.70. The number of hydrogen-bond acceptors (Lipinski definition) is 6. The average molecular weight is 280 g/mol. The highest BCUT2D eigenvalue weighted by Gasteiger charge is 2.13. The minimum absolute atomic E-state index is 0.113. The largest absolute Gasteiger partial charge is 0.342 e. The summed E-state index contributed by atoms with van der Waals surface area (Å²) in [4.78, 5) is 24.3. The molecule has 0 bridgehead atoms. The van der Waals surface area contributed by atoms with Crippen LogP contribution in [0.5, 0.6) is 0 Å². The summed E-state index contributed by atoms with van der Waals surface area (Å²) in [6.07, 6.45) is 0. The highest BCUT2D eigenvalue weighted by molar-refractivity contribution is 5.78. The van der Waals surface area contributed by atoms with E-state index >= 15 is 0 Å². The van der Waals surface area contributed by atoms with Crippen LogP contribution in [-0.2, 0) is 11.3 Å². The van der Waals surface area contributed by atoms with Crippen LogP contribution < -0.4 is 11.3 Å². The van der Waals surface area contributed by atoms with E-state index in [4.69, 9.17) is 5.84 Å². The van der Waals surface area contributed by atoms with Crippen molar-refractivity contribution in [2.45, 2.75) is 27.3 Å². The summed E-state index contributed by atoms with van der Waals surface area (Å²) in [6, 6.07) is 1.77. The number of nitrogens with two attached hydrogens (primary N) is 1. The molecule has 0 aromatic carbocycles. The Hall–Kier alpha value is -1.73. The van der Waals surface area contributed by atoms with Crippen molar-refractivity contribution in [3.05, 3.63) is 17.6 Å². The SMILES string of the molecule is CCN(CC)C(=O)CN(C)Cc1nc(C)cc(NN)n1. The zero-order valence-corrected chi connectivity index (χ0v) is 12.7. The molecule has 0 aliphatic carbocycles. The van der Waals surface area contributed by atoms with Gasteiger partial charge in [-0.1, -0.05) is 0 Å². The van der Waals surface area contributed by atoms with Gasteiger partial charge in [0.05, 0.1) is 13.1 Å². The second-order valence-electron chi connectivity index (χ2n) is 4.69. The number of carbonyl (C=O) groups is 1. The monoisotopic (exact) mass is 280 g/mol. The Balaban J connectivity index is 2.64. The highest BCUT2D eigenvalue weighted by atomic mass is 16.2. The second-order valence-corrected chi connectivity index (χ2v) is 4.69. The molecule has 0 aliphatic heterocycles. The summed E-state index contributed by atoms with van der Waals surface area (Å²) in [5.41, 5.74) is 3.35. The molecule has 1 aromatic heterocycles. The molecule has 0 radical (unpaired) electrons. The molecule has 1 amide bonds. The minimum atomic E-state index is 0.113. The maximum Gasteiger partial charge on any atom is 0.236 e. The number of rotatable bonds is 7. The lowest BCUT2D eigenvalue weighted by Gasteiger charge is -2.22. The van der Waals surface area contributed by atoms with Gasteiger partial charge in [-0.15, -0.1) is 0 Å². The number of anilines is 1. The highest BCUT2D eigenvalue weighted by Crippen LogP contribution is 2.06. The van der Waals surface area contributed by atoms with Crippen molar-refractivity contribution >= 4 is 11.7 Å². The molecule has 0 fully saturated rings. The first-order valence-electron chi connectivity index (χ1n) is 6.77. The van der Waals surface area contributed by atoms with Gasteiger partial charge in [0.15, 0.2) is 0 Å². The molecule has 3 N–H and O–H groups in total. The van der Waals surface area contributed by atoms with Gasteiger partial charge < -0.3 is 10.3 Å². The number of hydrogen-bond donors (Lipinski definition) is 2. The van der Waals surface area contributed by atoms with Crippen molar-refractivity contribution in [3.8, 4) is 0 Å². The van der Waals surface area contributed by atoms with E-state index in [1.165, 1.54) is 0 Å². The predicted octanol–water partition coefficient (Wildman–Crippen LogP) is 0.371. The number of hydrazine groups is 1. The zero-order valence-electron chi connectivity index (χ0n) is 12.7. The summed E-state index contributed by atoms with van der Waals surface area (Å²) in [6.45, 7) is 8.14. The Bertz CT molecular complexity index is 446. The van der Waals surface area contributed by atoms with Crippen molar-refractivity contribution in [3.63, 3.8) is 0 Å². The van der Waals surface area contributed by atoms with Gasteiger partial charge >= 0.3 is 0 Å². The number of nitrogens with one attached hydrogen (secondary N) is 1.